The van der Waals surface area contributed by atoms with Crippen molar-refractivity contribution >= 4 is 5.97 Å². The lowest BCUT2D eigenvalue weighted by atomic mass is 9.88. The summed E-state index contributed by atoms with van der Waals surface area (Å²) in [6, 6.07) is 0. The molecule has 1 saturated carbocycles. The van der Waals surface area contributed by atoms with E-state index in [2.05, 4.69) is 4.74 Å². The molecule has 0 aromatic heterocycles. The SMILES string of the molecule is CC[C@H](O)/C=C/[C@@H]1[C@H](CCCCCCCC(=O)OC)[C@H](O)C[C@@H]1O. The van der Waals surface area contributed by atoms with Crippen LogP contribution in [0.2, 0.25) is 0 Å². The molecule has 5 heteroatoms. The van der Waals surface area contributed by atoms with E-state index in [4.69, 9.17) is 0 Å². The summed E-state index contributed by atoms with van der Waals surface area (Å²) in [6.45, 7) is 1.91. The number of esters is 1. The fraction of sp³-hybridized carbons (Fsp3) is 0.842. The van der Waals surface area contributed by atoms with E-state index in [-0.39, 0.29) is 17.8 Å². The molecule has 1 fully saturated rings. The van der Waals surface area contributed by atoms with Crippen molar-refractivity contribution < 1.29 is 24.9 Å². The van der Waals surface area contributed by atoms with Gasteiger partial charge in [-0.3, -0.25) is 4.79 Å². The van der Waals surface area contributed by atoms with Gasteiger partial charge in [0.05, 0.1) is 25.4 Å². The van der Waals surface area contributed by atoms with Crippen LogP contribution >= 0.6 is 0 Å². The molecule has 1 aliphatic carbocycles. The lowest BCUT2D eigenvalue weighted by Gasteiger charge is -2.21. The molecule has 1 rings (SSSR count). The number of hydrogen-bond acceptors (Lipinski definition) is 5. The number of unbranched alkanes of at least 4 members (excludes halogenated alkanes) is 4. The first kappa shape index (κ1) is 21.1. The molecule has 0 aliphatic heterocycles. The molecule has 5 atom stereocenters. The summed E-state index contributed by atoms with van der Waals surface area (Å²) in [5, 5.41) is 29.9. The van der Waals surface area contributed by atoms with Crippen molar-refractivity contribution in [2.75, 3.05) is 7.11 Å². The first-order valence-electron chi connectivity index (χ1n) is 9.28. The maximum atomic E-state index is 11.0. The lowest BCUT2D eigenvalue weighted by molar-refractivity contribution is -0.140. The number of hydrogen-bond donors (Lipinski definition) is 3. The van der Waals surface area contributed by atoms with E-state index in [1.165, 1.54) is 7.11 Å². The summed E-state index contributed by atoms with van der Waals surface area (Å²) in [5.41, 5.74) is 0. The molecule has 0 spiro atoms. The van der Waals surface area contributed by atoms with Gasteiger partial charge in [0.25, 0.3) is 0 Å². The Kier molecular flexibility index (Phi) is 10.2. The zero-order valence-electron chi connectivity index (χ0n) is 15.1. The van der Waals surface area contributed by atoms with Gasteiger partial charge in [-0.05, 0) is 25.2 Å². The third kappa shape index (κ3) is 7.32. The zero-order chi connectivity index (χ0) is 17.9. The number of methoxy groups -OCH3 is 1. The van der Waals surface area contributed by atoms with Gasteiger partial charge in [-0.2, -0.15) is 0 Å². The van der Waals surface area contributed by atoms with Crippen LogP contribution < -0.4 is 0 Å². The van der Waals surface area contributed by atoms with Gasteiger partial charge in [-0.15, -0.1) is 0 Å². The van der Waals surface area contributed by atoms with Crippen LogP contribution in [-0.2, 0) is 9.53 Å². The van der Waals surface area contributed by atoms with Crippen molar-refractivity contribution in [3.63, 3.8) is 0 Å². The highest BCUT2D eigenvalue weighted by Crippen LogP contribution is 2.37. The van der Waals surface area contributed by atoms with E-state index in [1.807, 2.05) is 13.0 Å². The van der Waals surface area contributed by atoms with Gasteiger partial charge in [0.2, 0.25) is 0 Å². The summed E-state index contributed by atoms with van der Waals surface area (Å²) in [4.78, 5) is 11.0. The van der Waals surface area contributed by atoms with E-state index >= 15 is 0 Å². The fourth-order valence-corrected chi connectivity index (χ4v) is 3.45. The first-order chi connectivity index (χ1) is 11.5. The first-order valence-corrected chi connectivity index (χ1v) is 9.28. The second-order valence-corrected chi connectivity index (χ2v) is 6.85. The number of carbonyl (C=O) groups is 1. The lowest BCUT2D eigenvalue weighted by Crippen LogP contribution is -2.21. The molecule has 0 saturated heterocycles. The smallest absolute Gasteiger partial charge is 0.305 e. The van der Waals surface area contributed by atoms with Crippen molar-refractivity contribution in [3.8, 4) is 0 Å². The molecule has 0 aromatic rings. The number of aliphatic hydroxyl groups excluding tert-OH is 3. The van der Waals surface area contributed by atoms with Crippen LogP contribution in [0.5, 0.6) is 0 Å². The van der Waals surface area contributed by atoms with Crippen LogP contribution in [0.3, 0.4) is 0 Å². The Balaban J connectivity index is 2.28. The van der Waals surface area contributed by atoms with E-state index in [0.29, 0.717) is 19.3 Å². The molecular formula is C19H34O5. The van der Waals surface area contributed by atoms with Gasteiger partial charge in [-0.1, -0.05) is 44.8 Å². The van der Waals surface area contributed by atoms with E-state index < -0.39 is 18.3 Å². The van der Waals surface area contributed by atoms with E-state index in [1.54, 1.807) is 6.08 Å². The number of rotatable bonds is 11. The average Bonchev–Trinajstić information content (AvgIpc) is 2.84. The van der Waals surface area contributed by atoms with E-state index in [9.17, 15) is 20.1 Å². The highest BCUT2D eigenvalue weighted by molar-refractivity contribution is 5.68. The van der Waals surface area contributed by atoms with Crippen LogP contribution in [0.4, 0.5) is 0 Å². The molecule has 5 nitrogen and oxygen atoms in total. The van der Waals surface area contributed by atoms with Gasteiger partial charge in [0.1, 0.15) is 0 Å². The standard InChI is InChI=1S/C19H34O5/c1-3-14(20)11-12-16-15(17(21)13-18(16)22)9-7-5-4-6-8-10-19(23)24-2/h11-12,14-18,20-22H,3-10,13H2,1-2H3/b12-11+/t14-,15-,16+,17+,18-/m0/s1. The van der Waals surface area contributed by atoms with Gasteiger partial charge >= 0.3 is 5.97 Å². The minimum absolute atomic E-state index is 0.0652. The molecule has 0 amide bonds. The van der Waals surface area contributed by atoms with Gasteiger partial charge in [0, 0.05) is 18.8 Å². The largest absolute Gasteiger partial charge is 0.469 e. The Labute approximate surface area is 145 Å². The highest BCUT2D eigenvalue weighted by atomic mass is 16.5. The van der Waals surface area contributed by atoms with Crippen molar-refractivity contribution in [2.45, 2.75) is 83.0 Å². The number of aliphatic hydroxyl groups is 3. The number of ether oxygens (including phenoxy) is 1. The summed E-state index contributed by atoms with van der Waals surface area (Å²) < 4.78 is 4.61. The van der Waals surface area contributed by atoms with Gasteiger partial charge < -0.3 is 20.1 Å². The minimum Gasteiger partial charge on any atom is -0.469 e. The van der Waals surface area contributed by atoms with Crippen molar-refractivity contribution in [2.24, 2.45) is 11.8 Å². The molecule has 0 bridgehead atoms. The molecule has 0 heterocycles. The predicted molar refractivity (Wildman–Crippen MR) is 93.4 cm³/mol. The maximum absolute atomic E-state index is 11.0. The summed E-state index contributed by atoms with van der Waals surface area (Å²) in [6.07, 6.45) is 9.60. The summed E-state index contributed by atoms with van der Waals surface area (Å²) >= 11 is 0. The molecule has 0 aromatic carbocycles. The predicted octanol–water partition coefficient (Wildman–Crippen LogP) is 2.58. The molecule has 0 radical (unpaired) electrons. The molecule has 140 valence electrons. The Bertz CT molecular complexity index is 382. The van der Waals surface area contributed by atoms with E-state index in [0.717, 1.165) is 38.5 Å². The molecular weight excluding hydrogens is 308 g/mol. The molecule has 3 N–H and O–H groups in total. The molecule has 1 aliphatic rings. The maximum Gasteiger partial charge on any atom is 0.305 e. The normalized spacial score (nSPS) is 28.4. The third-order valence-corrected chi connectivity index (χ3v) is 5.04. The Morgan fingerprint density at radius 2 is 1.83 bits per heavy atom. The van der Waals surface area contributed by atoms with Crippen molar-refractivity contribution in [3.05, 3.63) is 12.2 Å². The van der Waals surface area contributed by atoms with Gasteiger partial charge in [-0.25, -0.2) is 0 Å². The fourth-order valence-electron chi connectivity index (χ4n) is 3.45. The average molecular weight is 342 g/mol. The van der Waals surface area contributed by atoms with Crippen molar-refractivity contribution in [1.82, 2.24) is 0 Å². The highest BCUT2D eigenvalue weighted by Gasteiger charge is 2.39. The van der Waals surface area contributed by atoms with Crippen LogP contribution in [-0.4, -0.2) is 46.7 Å². The quantitative estimate of drug-likeness (QED) is 0.305. The zero-order valence-corrected chi connectivity index (χ0v) is 15.1. The van der Waals surface area contributed by atoms with Crippen LogP contribution in [0, 0.1) is 11.8 Å². The second kappa shape index (κ2) is 11.6. The Morgan fingerprint density at radius 1 is 1.17 bits per heavy atom. The Morgan fingerprint density at radius 3 is 2.50 bits per heavy atom. The summed E-state index contributed by atoms with van der Waals surface area (Å²) in [5.74, 6) is -0.155. The van der Waals surface area contributed by atoms with Crippen LogP contribution in [0.1, 0.15) is 64.7 Å². The topological polar surface area (TPSA) is 87.0 Å². The second-order valence-electron chi connectivity index (χ2n) is 6.85. The number of carbonyl (C=O) groups excluding carboxylic acids is 1. The minimum atomic E-state index is -0.523. The van der Waals surface area contributed by atoms with Crippen molar-refractivity contribution in [1.29, 1.82) is 0 Å². The molecule has 0 unspecified atom stereocenters. The van der Waals surface area contributed by atoms with Crippen LogP contribution in [0.15, 0.2) is 12.2 Å². The van der Waals surface area contributed by atoms with Gasteiger partial charge in [0.15, 0.2) is 0 Å². The van der Waals surface area contributed by atoms with Crippen LogP contribution in [0.25, 0.3) is 0 Å². The third-order valence-electron chi connectivity index (χ3n) is 5.04. The Hall–Kier alpha value is -0.910. The summed E-state index contributed by atoms with van der Waals surface area (Å²) in [7, 11) is 1.41. The monoisotopic (exact) mass is 342 g/mol. The molecule has 24 heavy (non-hydrogen) atoms.